The van der Waals surface area contributed by atoms with Crippen molar-refractivity contribution in [3.63, 3.8) is 0 Å². The van der Waals surface area contributed by atoms with E-state index in [-0.39, 0.29) is 5.56 Å². The Morgan fingerprint density at radius 1 is 1.22 bits per heavy atom. The summed E-state index contributed by atoms with van der Waals surface area (Å²) in [6, 6.07) is 7.87. The lowest BCUT2D eigenvalue weighted by Crippen LogP contribution is -2.11. The van der Waals surface area contributed by atoms with Gasteiger partial charge in [-0.05, 0) is 55.5 Å². The summed E-state index contributed by atoms with van der Waals surface area (Å²) in [5.41, 5.74) is 2.19. The molecule has 0 saturated heterocycles. The Kier molecular flexibility index (Phi) is 6.01. The van der Waals surface area contributed by atoms with E-state index in [0.29, 0.717) is 11.6 Å². The van der Waals surface area contributed by atoms with E-state index in [1.54, 1.807) is 30.2 Å². The van der Waals surface area contributed by atoms with Crippen LogP contribution < -0.4 is 10.3 Å². The van der Waals surface area contributed by atoms with Crippen LogP contribution in [-0.2, 0) is 25.1 Å². The number of ether oxygens (including phenoxy) is 1. The summed E-state index contributed by atoms with van der Waals surface area (Å²) in [5.74, 6) is 2.88. The average molecular weight is 468 g/mol. The van der Waals surface area contributed by atoms with E-state index in [9.17, 15) is 4.79 Å². The average Bonchev–Trinajstić information content (AvgIpc) is 3.50. The Morgan fingerprint density at radius 2 is 2.06 bits per heavy atom. The molecule has 3 heterocycles. The molecule has 7 nitrogen and oxygen atoms in total. The molecule has 3 aromatic heterocycles. The molecule has 1 aliphatic carbocycles. The summed E-state index contributed by atoms with van der Waals surface area (Å²) in [6.07, 6.45) is 5.31. The molecule has 0 fully saturated rings. The molecule has 1 N–H and O–H groups in total. The highest BCUT2D eigenvalue weighted by atomic mass is 32.2. The Bertz CT molecular complexity index is 1310. The van der Waals surface area contributed by atoms with E-state index in [2.05, 4.69) is 26.7 Å². The molecule has 0 bridgehead atoms. The molecule has 32 heavy (non-hydrogen) atoms. The lowest BCUT2D eigenvalue weighted by molar-refractivity contribution is 0.415. The Morgan fingerprint density at radius 3 is 2.84 bits per heavy atom. The number of thioether (sulfide) groups is 1. The van der Waals surface area contributed by atoms with Crippen LogP contribution in [0.25, 0.3) is 21.6 Å². The van der Waals surface area contributed by atoms with Crippen LogP contribution in [0, 0.1) is 0 Å². The first-order valence-corrected chi connectivity index (χ1v) is 12.7. The number of nitrogens with one attached hydrogen (secondary N) is 1. The highest BCUT2D eigenvalue weighted by Gasteiger charge is 2.21. The first-order chi connectivity index (χ1) is 15.7. The highest BCUT2D eigenvalue weighted by Crippen LogP contribution is 2.35. The van der Waals surface area contributed by atoms with Crippen LogP contribution >= 0.6 is 23.1 Å². The number of thiophene rings is 1. The minimum absolute atomic E-state index is 0.0172. The van der Waals surface area contributed by atoms with Crippen molar-refractivity contribution in [3.05, 3.63) is 50.9 Å². The SMILES string of the molecule is CCCCn1c(SCc2nc3sc4c(c3c(=O)[nH]2)CCC4)nnc1-c1ccc(OC)cc1. The summed E-state index contributed by atoms with van der Waals surface area (Å²) in [4.78, 5) is 22.7. The van der Waals surface area contributed by atoms with Gasteiger partial charge in [-0.2, -0.15) is 0 Å². The Hall–Kier alpha value is -2.65. The fraction of sp³-hybridized carbons (Fsp3) is 0.391. The Balaban J connectivity index is 1.41. The second-order valence-electron chi connectivity index (χ2n) is 7.88. The quantitative estimate of drug-likeness (QED) is 0.374. The molecular weight excluding hydrogens is 442 g/mol. The van der Waals surface area contributed by atoms with Crippen LogP contribution in [0.4, 0.5) is 0 Å². The van der Waals surface area contributed by atoms with E-state index >= 15 is 0 Å². The number of aryl methyl sites for hydroxylation is 2. The lowest BCUT2D eigenvalue weighted by atomic mass is 10.2. The van der Waals surface area contributed by atoms with E-state index in [1.807, 2.05) is 24.3 Å². The largest absolute Gasteiger partial charge is 0.497 e. The molecule has 1 aliphatic rings. The first kappa shape index (κ1) is 21.2. The molecule has 4 aromatic rings. The van der Waals surface area contributed by atoms with Gasteiger partial charge in [-0.25, -0.2) is 4.98 Å². The van der Waals surface area contributed by atoms with Crippen LogP contribution in [0.1, 0.15) is 42.5 Å². The number of H-pyrrole nitrogens is 1. The molecule has 5 rings (SSSR count). The molecule has 166 valence electrons. The van der Waals surface area contributed by atoms with Gasteiger partial charge in [0.1, 0.15) is 16.4 Å². The van der Waals surface area contributed by atoms with Crippen molar-refractivity contribution >= 4 is 33.3 Å². The van der Waals surface area contributed by atoms with Gasteiger partial charge in [0.2, 0.25) is 0 Å². The van der Waals surface area contributed by atoms with Gasteiger partial charge < -0.3 is 14.3 Å². The molecule has 0 amide bonds. The van der Waals surface area contributed by atoms with E-state index in [4.69, 9.17) is 9.72 Å². The fourth-order valence-electron chi connectivity index (χ4n) is 4.12. The van der Waals surface area contributed by atoms with Gasteiger partial charge in [0.05, 0.1) is 18.2 Å². The van der Waals surface area contributed by atoms with Crippen LogP contribution in [0.5, 0.6) is 5.75 Å². The molecule has 0 atom stereocenters. The topological polar surface area (TPSA) is 85.7 Å². The summed E-state index contributed by atoms with van der Waals surface area (Å²) in [7, 11) is 1.66. The van der Waals surface area contributed by atoms with Crippen LogP contribution in [0.3, 0.4) is 0 Å². The molecule has 0 saturated carbocycles. The number of aromatic nitrogens is 5. The van der Waals surface area contributed by atoms with Gasteiger partial charge in [0.15, 0.2) is 11.0 Å². The lowest BCUT2D eigenvalue weighted by Gasteiger charge is -2.10. The molecule has 0 radical (unpaired) electrons. The molecular formula is C23H25N5O2S2. The van der Waals surface area contributed by atoms with Crippen LogP contribution in [0.2, 0.25) is 0 Å². The zero-order chi connectivity index (χ0) is 22.1. The summed E-state index contributed by atoms with van der Waals surface area (Å²) in [5, 5.41) is 10.6. The van der Waals surface area contributed by atoms with E-state index < -0.39 is 0 Å². The molecule has 1 aromatic carbocycles. The van der Waals surface area contributed by atoms with Crippen LogP contribution in [0.15, 0.2) is 34.2 Å². The standard InChI is InChI=1S/C23H25N5O2S2/c1-3-4-12-28-20(14-8-10-15(30-2)11-9-14)26-27-23(28)31-13-18-24-21(29)19-16-6-5-7-17(16)32-22(19)25-18/h8-11H,3-7,12-13H2,1-2H3,(H,24,25,29). The number of unbranched alkanes of at least 4 members (excludes halogenated alkanes) is 1. The molecule has 9 heteroatoms. The second kappa shape index (κ2) is 9.07. The van der Waals surface area contributed by atoms with Gasteiger partial charge >= 0.3 is 0 Å². The van der Waals surface area contributed by atoms with E-state index in [0.717, 1.165) is 71.2 Å². The van der Waals surface area contributed by atoms with Crippen LogP contribution in [-0.4, -0.2) is 31.8 Å². The zero-order valence-electron chi connectivity index (χ0n) is 18.2. The smallest absolute Gasteiger partial charge is 0.259 e. The fourth-order valence-corrected chi connectivity index (χ4v) is 6.23. The van der Waals surface area contributed by atoms with Crippen molar-refractivity contribution in [2.24, 2.45) is 0 Å². The first-order valence-electron chi connectivity index (χ1n) is 10.9. The maximum absolute atomic E-state index is 12.7. The number of hydrogen-bond donors (Lipinski definition) is 1. The number of aromatic amines is 1. The third-order valence-corrected chi connectivity index (χ3v) is 7.93. The van der Waals surface area contributed by atoms with Gasteiger partial charge in [-0.3, -0.25) is 4.79 Å². The monoisotopic (exact) mass is 467 g/mol. The van der Waals surface area contributed by atoms with Gasteiger partial charge in [-0.1, -0.05) is 25.1 Å². The molecule has 0 aliphatic heterocycles. The number of fused-ring (bicyclic) bond motifs is 3. The zero-order valence-corrected chi connectivity index (χ0v) is 19.8. The van der Waals surface area contributed by atoms with Gasteiger partial charge in [0, 0.05) is 17.0 Å². The normalized spacial score (nSPS) is 13.1. The third-order valence-electron chi connectivity index (χ3n) is 5.76. The van der Waals surface area contributed by atoms with Crippen molar-refractivity contribution < 1.29 is 4.74 Å². The minimum Gasteiger partial charge on any atom is -0.497 e. The van der Waals surface area contributed by atoms with Gasteiger partial charge in [0.25, 0.3) is 5.56 Å². The predicted octanol–water partition coefficient (Wildman–Crippen LogP) is 4.83. The Labute approximate surface area is 194 Å². The maximum Gasteiger partial charge on any atom is 0.259 e. The third kappa shape index (κ3) is 3.95. The van der Waals surface area contributed by atoms with Crippen molar-refractivity contribution in [1.29, 1.82) is 0 Å². The number of rotatable bonds is 8. The minimum atomic E-state index is -0.0172. The van der Waals surface area contributed by atoms with Crippen molar-refractivity contribution in [1.82, 2.24) is 24.7 Å². The van der Waals surface area contributed by atoms with E-state index in [1.165, 1.54) is 10.4 Å². The number of hydrogen-bond acceptors (Lipinski definition) is 7. The number of nitrogens with zero attached hydrogens (tertiary/aromatic N) is 4. The molecule has 0 unspecified atom stereocenters. The highest BCUT2D eigenvalue weighted by molar-refractivity contribution is 7.98. The number of methoxy groups -OCH3 is 1. The molecule has 0 spiro atoms. The van der Waals surface area contributed by atoms with Crippen molar-refractivity contribution in [3.8, 4) is 17.1 Å². The predicted molar refractivity (Wildman–Crippen MR) is 129 cm³/mol. The second-order valence-corrected chi connectivity index (χ2v) is 9.90. The summed E-state index contributed by atoms with van der Waals surface area (Å²) < 4.78 is 7.43. The maximum atomic E-state index is 12.7. The number of benzene rings is 1. The van der Waals surface area contributed by atoms with Crippen molar-refractivity contribution in [2.45, 2.75) is 56.5 Å². The summed E-state index contributed by atoms with van der Waals surface area (Å²) >= 11 is 3.23. The summed E-state index contributed by atoms with van der Waals surface area (Å²) in [6.45, 7) is 3.01. The van der Waals surface area contributed by atoms with Gasteiger partial charge in [-0.15, -0.1) is 21.5 Å². The van der Waals surface area contributed by atoms with Crippen molar-refractivity contribution in [2.75, 3.05) is 7.11 Å².